The number of hydrogen-bond donors (Lipinski definition) is 1. The molecule has 0 amide bonds. The molecule has 114 valence electrons. The second kappa shape index (κ2) is 6.24. The Morgan fingerprint density at radius 2 is 2.15 bits per heavy atom. The lowest BCUT2D eigenvalue weighted by Crippen LogP contribution is -2.42. The van der Waals surface area contributed by atoms with E-state index in [0.717, 1.165) is 19.3 Å². The van der Waals surface area contributed by atoms with Gasteiger partial charge in [0.05, 0.1) is 19.3 Å². The SMILES string of the molecule is CC1CCCCC1N(C)S(=O)(=O)c1cnn(CCO)c1. The smallest absolute Gasteiger partial charge is 0.246 e. The molecule has 0 bridgehead atoms. The molecule has 20 heavy (non-hydrogen) atoms. The van der Waals surface area contributed by atoms with Crippen molar-refractivity contribution in [1.29, 1.82) is 0 Å². The maximum atomic E-state index is 12.6. The average Bonchev–Trinajstić information content (AvgIpc) is 2.88. The Labute approximate surface area is 120 Å². The van der Waals surface area contributed by atoms with Gasteiger partial charge in [-0.05, 0) is 18.8 Å². The van der Waals surface area contributed by atoms with Crippen molar-refractivity contribution in [2.75, 3.05) is 13.7 Å². The Morgan fingerprint density at radius 3 is 2.80 bits per heavy atom. The average molecular weight is 301 g/mol. The van der Waals surface area contributed by atoms with Crippen LogP contribution in [0.2, 0.25) is 0 Å². The van der Waals surface area contributed by atoms with Crippen LogP contribution in [0.3, 0.4) is 0 Å². The van der Waals surface area contributed by atoms with Crippen molar-refractivity contribution in [3.8, 4) is 0 Å². The molecule has 0 aromatic carbocycles. The van der Waals surface area contributed by atoms with Gasteiger partial charge in [-0.1, -0.05) is 19.8 Å². The molecule has 0 saturated heterocycles. The van der Waals surface area contributed by atoms with Crippen LogP contribution in [0.5, 0.6) is 0 Å². The monoisotopic (exact) mass is 301 g/mol. The summed E-state index contributed by atoms with van der Waals surface area (Å²) in [5.41, 5.74) is 0. The number of rotatable bonds is 5. The summed E-state index contributed by atoms with van der Waals surface area (Å²) in [7, 11) is -1.84. The van der Waals surface area contributed by atoms with E-state index in [9.17, 15) is 8.42 Å². The molecule has 6 nitrogen and oxygen atoms in total. The van der Waals surface area contributed by atoms with Crippen molar-refractivity contribution in [3.05, 3.63) is 12.4 Å². The number of sulfonamides is 1. The van der Waals surface area contributed by atoms with Gasteiger partial charge < -0.3 is 5.11 Å². The van der Waals surface area contributed by atoms with E-state index in [1.807, 2.05) is 0 Å². The number of hydrogen-bond acceptors (Lipinski definition) is 4. The van der Waals surface area contributed by atoms with E-state index in [1.54, 1.807) is 7.05 Å². The molecule has 2 unspecified atom stereocenters. The van der Waals surface area contributed by atoms with Gasteiger partial charge in [0.15, 0.2) is 0 Å². The normalized spacial score (nSPS) is 24.2. The van der Waals surface area contributed by atoms with Crippen LogP contribution in [0.4, 0.5) is 0 Å². The first-order valence-corrected chi connectivity index (χ1v) is 8.52. The van der Waals surface area contributed by atoms with Gasteiger partial charge in [0, 0.05) is 19.3 Å². The lowest BCUT2D eigenvalue weighted by molar-refractivity contribution is 0.213. The van der Waals surface area contributed by atoms with Crippen molar-refractivity contribution in [1.82, 2.24) is 14.1 Å². The summed E-state index contributed by atoms with van der Waals surface area (Å²) < 4.78 is 28.2. The minimum absolute atomic E-state index is 0.0589. The zero-order chi connectivity index (χ0) is 14.8. The van der Waals surface area contributed by atoms with Gasteiger partial charge >= 0.3 is 0 Å². The van der Waals surface area contributed by atoms with Gasteiger partial charge in [0.2, 0.25) is 10.0 Å². The molecule has 1 fully saturated rings. The van der Waals surface area contributed by atoms with Crippen LogP contribution in [0.1, 0.15) is 32.6 Å². The van der Waals surface area contributed by atoms with Gasteiger partial charge in [-0.2, -0.15) is 9.40 Å². The number of aromatic nitrogens is 2. The Morgan fingerprint density at radius 1 is 1.45 bits per heavy atom. The van der Waals surface area contributed by atoms with Crippen molar-refractivity contribution in [3.63, 3.8) is 0 Å². The summed E-state index contributed by atoms with van der Waals surface area (Å²) in [5, 5.41) is 12.8. The van der Waals surface area contributed by atoms with Crippen LogP contribution in [0.15, 0.2) is 17.3 Å². The molecule has 2 rings (SSSR count). The lowest BCUT2D eigenvalue weighted by Gasteiger charge is -2.35. The Hall–Kier alpha value is -0.920. The number of nitrogens with zero attached hydrogens (tertiary/aromatic N) is 3. The molecule has 1 aliphatic carbocycles. The maximum Gasteiger partial charge on any atom is 0.246 e. The van der Waals surface area contributed by atoms with Crippen molar-refractivity contribution < 1.29 is 13.5 Å². The fourth-order valence-electron chi connectivity index (χ4n) is 2.88. The van der Waals surface area contributed by atoms with Crippen molar-refractivity contribution in [2.24, 2.45) is 5.92 Å². The highest BCUT2D eigenvalue weighted by Crippen LogP contribution is 2.30. The second-order valence-electron chi connectivity index (χ2n) is 5.51. The highest BCUT2D eigenvalue weighted by Gasteiger charge is 2.33. The molecule has 2 atom stereocenters. The molecule has 1 heterocycles. The molecular weight excluding hydrogens is 278 g/mol. The van der Waals surface area contributed by atoms with E-state index >= 15 is 0 Å². The van der Waals surface area contributed by atoms with E-state index in [2.05, 4.69) is 12.0 Å². The van der Waals surface area contributed by atoms with Crippen LogP contribution >= 0.6 is 0 Å². The fraction of sp³-hybridized carbons (Fsp3) is 0.769. The standard InChI is InChI=1S/C13H23N3O3S/c1-11-5-3-4-6-13(11)15(2)20(18,19)12-9-14-16(10-12)7-8-17/h9-11,13,17H,3-8H2,1-2H3. The quantitative estimate of drug-likeness (QED) is 0.883. The zero-order valence-corrected chi connectivity index (χ0v) is 12.9. The molecule has 0 radical (unpaired) electrons. The third-order valence-corrected chi connectivity index (χ3v) is 5.98. The van der Waals surface area contributed by atoms with E-state index in [-0.39, 0.29) is 17.5 Å². The fourth-order valence-corrected chi connectivity index (χ4v) is 4.32. The maximum absolute atomic E-state index is 12.6. The van der Waals surface area contributed by atoms with E-state index < -0.39 is 10.0 Å². The molecule has 1 saturated carbocycles. The van der Waals surface area contributed by atoms with Crippen LogP contribution < -0.4 is 0 Å². The van der Waals surface area contributed by atoms with Crippen molar-refractivity contribution in [2.45, 2.75) is 50.1 Å². The topological polar surface area (TPSA) is 75.4 Å². The molecule has 1 N–H and O–H groups in total. The Bertz CT molecular complexity index is 541. The molecule has 1 aromatic heterocycles. The summed E-state index contributed by atoms with van der Waals surface area (Å²) in [6.45, 7) is 2.36. The van der Waals surface area contributed by atoms with Gasteiger partial charge in [0.1, 0.15) is 4.90 Å². The van der Waals surface area contributed by atoms with Crippen molar-refractivity contribution >= 4 is 10.0 Å². The van der Waals surface area contributed by atoms with Crippen LogP contribution in [-0.4, -0.2) is 47.3 Å². The molecule has 0 aliphatic heterocycles. The second-order valence-corrected chi connectivity index (χ2v) is 7.51. The predicted octanol–water partition coefficient (Wildman–Crippen LogP) is 1.07. The molecule has 7 heteroatoms. The number of aliphatic hydroxyl groups excluding tert-OH is 1. The first-order chi connectivity index (χ1) is 9.46. The molecule has 1 aromatic rings. The highest BCUT2D eigenvalue weighted by molar-refractivity contribution is 7.89. The highest BCUT2D eigenvalue weighted by atomic mass is 32.2. The number of aliphatic hydroxyl groups is 1. The van der Waals surface area contributed by atoms with Gasteiger partial charge in [-0.15, -0.1) is 0 Å². The minimum Gasteiger partial charge on any atom is -0.394 e. The van der Waals surface area contributed by atoms with E-state index in [0.29, 0.717) is 12.5 Å². The molecule has 1 aliphatic rings. The summed E-state index contributed by atoms with van der Waals surface area (Å²) in [5.74, 6) is 0.385. The summed E-state index contributed by atoms with van der Waals surface area (Å²) in [6, 6.07) is 0.0648. The summed E-state index contributed by atoms with van der Waals surface area (Å²) >= 11 is 0. The Kier molecular flexibility index (Phi) is 4.82. The Balaban J connectivity index is 2.19. The first kappa shape index (κ1) is 15.5. The van der Waals surface area contributed by atoms with E-state index in [4.69, 9.17) is 5.11 Å². The van der Waals surface area contributed by atoms with Crippen LogP contribution in [-0.2, 0) is 16.6 Å². The zero-order valence-electron chi connectivity index (χ0n) is 12.1. The molecular formula is C13H23N3O3S. The lowest BCUT2D eigenvalue weighted by atomic mass is 9.86. The summed E-state index contributed by atoms with van der Waals surface area (Å²) in [4.78, 5) is 0.200. The third kappa shape index (κ3) is 3.05. The van der Waals surface area contributed by atoms with E-state index in [1.165, 1.54) is 27.8 Å². The van der Waals surface area contributed by atoms with Gasteiger partial charge in [0.25, 0.3) is 0 Å². The predicted molar refractivity (Wildman–Crippen MR) is 75.7 cm³/mol. The van der Waals surface area contributed by atoms with Crippen LogP contribution in [0, 0.1) is 5.92 Å². The third-order valence-electron chi connectivity index (χ3n) is 4.15. The molecule has 0 spiro atoms. The first-order valence-electron chi connectivity index (χ1n) is 7.08. The largest absolute Gasteiger partial charge is 0.394 e. The summed E-state index contributed by atoms with van der Waals surface area (Å²) in [6.07, 6.45) is 7.10. The van der Waals surface area contributed by atoms with Gasteiger partial charge in [-0.25, -0.2) is 8.42 Å². The van der Waals surface area contributed by atoms with Gasteiger partial charge in [-0.3, -0.25) is 4.68 Å². The minimum atomic E-state index is -3.50. The van der Waals surface area contributed by atoms with Crippen LogP contribution in [0.25, 0.3) is 0 Å².